The van der Waals surface area contributed by atoms with E-state index in [9.17, 15) is 9.00 Å². The highest BCUT2D eigenvalue weighted by molar-refractivity contribution is 7.85. The van der Waals surface area contributed by atoms with Gasteiger partial charge in [0, 0.05) is 39.8 Å². The first kappa shape index (κ1) is 11.7. The van der Waals surface area contributed by atoms with E-state index in [1.165, 1.54) is 0 Å². The van der Waals surface area contributed by atoms with E-state index in [0.717, 1.165) is 29.5 Å². The summed E-state index contributed by atoms with van der Waals surface area (Å²) in [4.78, 5) is 12.2. The third-order valence-corrected chi connectivity index (χ3v) is 5.35. The van der Waals surface area contributed by atoms with E-state index in [1.54, 1.807) is 4.57 Å². The maximum atomic E-state index is 12.2. The van der Waals surface area contributed by atoms with E-state index in [1.807, 2.05) is 36.5 Å². The van der Waals surface area contributed by atoms with Crippen molar-refractivity contribution in [2.75, 3.05) is 5.75 Å². The first-order valence-corrected chi connectivity index (χ1v) is 7.60. The molecule has 1 aromatic heterocycles. The lowest BCUT2D eigenvalue weighted by Crippen LogP contribution is -2.19. The van der Waals surface area contributed by atoms with E-state index in [2.05, 4.69) is 0 Å². The Morgan fingerprint density at radius 3 is 2.94 bits per heavy atom. The Balaban J connectivity index is 1.86. The van der Waals surface area contributed by atoms with Crippen LogP contribution in [0, 0.1) is 0 Å². The first-order chi connectivity index (χ1) is 8.75. The average Bonchev–Trinajstić information content (AvgIpc) is 2.96. The van der Waals surface area contributed by atoms with Crippen LogP contribution in [0.5, 0.6) is 0 Å². The topological polar surface area (TPSA) is 39.1 Å². The van der Waals surface area contributed by atoms with Gasteiger partial charge < -0.3 is 0 Å². The molecule has 0 N–H and O–H groups in total. The number of rotatable bonds is 2. The summed E-state index contributed by atoms with van der Waals surface area (Å²) in [7, 11) is -0.811. The predicted octanol–water partition coefficient (Wildman–Crippen LogP) is 2.58. The SMILES string of the molecule is O=C(CC1CCCS1=O)n1ccc2ccccc21. The number of fused-ring (bicyclic) bond motifs is 1. The van der Waals surface area contributed by atoms with Gasteiger partial charge in [-0.25, -0.2) is 0 Å². The van der Waals surface area contributed by atoms with Crippen molar-refractivity contribution in [1.82, 2.24) is 4.57 Å². The largest absolute Gasteiger partial charge is 0.287 e. The smallest absolute Gasteiger partial charge is 0.232 e. The maximum absolute atomic E-state index is 12.2. The molecule has 1 saturated heterocycles. The van der Waals surface area contributed by atoms with Crippen LogP contribution in [0.2, 0.25) is 0 Å². The molecule has 0 aliphatic carbocycles. The van der Waals surface area contributed by atoms with Crippen molar-refractivity contribution in [3.8, 4) is 0 Å². The highest BCUT2D eigenvalue weighted by Crippen LogP contribution is 2.22. The minimum Gasteiger partial charge on any atom is -0.287 e. The zero-order valence-electron chi connectivity index (χ0n) is 10.0. The third-order valence-electron chi connectivity index (χ3n) is 3.51. The van der Waals surface area contributed by atoms with Crippen LogP contribution >= 0.6 is 0 Å². The van der Waals surface area contributed by atoms with Gasteiger partial charge in [-0.1, -0.05) is 18.2 Å². The number of hydrogen-bond acceptors (Lipinski definition) is 2. The lowest BCUT2D eigenvalue weighted by molar-refractivity contribution is 0.0907. The molecule has 0 spiro atoms. The monoisotopic (exact) mass is 261 g/mol. The molecular formula is C14H15NO2S. The van der Waals surface area contributed by atoms with Crippen LogP contribution < -0.4 is 0 Å². The van der Waals surface area contributed by atoms with Gasteiger partial charge in [-0.3, -0.25) is 13.6 Å². The summed E-state index contributed by atoms with van der Waals surface area (Å²) in [6, 6.07) is 9.77. The van der Waals surface area contributed by atoms with Crippen LogP contribution in [0.4, 0.5) is 0 Å². The Kier molecular flexibility index (Phi) is 3.04. The molecule has 0 saturated carbocycles. The zero-order valence-corrected chi connectivity index (χ0v) is 10.9. The molecule has 0 radical (unpaired) electrons. The van der Waals surface area contributed by atoms with Gasteiger partial charge >= 0.3 is 0 Å². The summed E-state index contributed by atoms with van der Waals surface area (Å²) < 4.78 is 13.4. The fourth-order valence-electron chi connectivity index (χ4n) is 2.54. The van der Waals surface area contributed by atoms with Gasteiger partial charge in [0.2, 0.25) is 5.91 Å². The van der Waals surface area contributed by atoms with Crippen molar-refractivity contribution in [3.63, 3.8) is 0 Å². The number of hydrogen-bond donors (Lipinski definition) is 0. The molecule has 18 heavy (non-hydrogen) atoms. The van der Waals surface area contributed by atoms with Crippen molar-refractivity contribution < 1.29 is 9.00 Å². The molecule has 1 aliphatic heterocycles. The molecule has 2 aromatic rings. The number of benzene rings is 1. The van der Waals surface area contributed by atoms with Gasteiger partial charge in [0.05, 0.1) is 5.52 Å². The van der Waals surface area contributed by atoms with Gasteiger partial charge in [-0.05, 0) is 25.0 Å². The van der Waals surface area contributed by atoms with Crippen LogP contribution in [0.15, 0.2) is 36.5 Å². The minimum atomic E-state index is -0.811. The summed E-state index contributed by atoms with van der Waals surface area (Å²) in [5.41, 5.74) is 0.936. The molecule has 2 heterocycles. The maximum Gasteiger partial charge on any atom is 0.232 e. The van der Waals surface area contributed by atoms with E-state index in [0.29, 0.717) is 6.42 Å². The molecule has 1 fully saturated rings. The summed E-state index contributed by atoms with van der Waals surface area (Å²) in [5, 5.41) is 1.12. The highest BCUT2D eigenvalue weighted by atomic mass is 32.2. The van der Waals surface area contributed by atoms with Gasteiger partial charge in [0.1, 0.15) is 0 Å². The summed E-state index contributed by atoms with van der Waals surface area (Å²) >= 11 is 0. The molecule has 94 valence electrons. The molecule has 1 aromatic carbocycles. The quantitative estimate of drug-likeness (QED) is 0.833. The highest BCUT2D eigenvalue weighted by Gasteiger charge is 2.26. The number of carbonyl (C=O) groups is 1. The van der Waals surface area contributed by atoms with Gasteiger partial charge in [0.25, 0.3) is 0 Å². The molecule has 3 rings (SSSR count). The van der Waals surface area contributed by atoms with E-state index < -0.39 is 10.8 Å². The minimum absolute atomic E-state index is 0.0523. The summed E-state index contributed by atoms with van der Waals surface area (Å²) in [6.45, 7) is 0. The molecule has 2 atom stereocenters. The van der Waals surface area contributed by atoms with Crippen molar-refractivity contribution in [2.24, 2.45) is 0 Å². The van der Waals surface area contributed by atoms with Crippen LogP contribution in [-0.2, 0) is 10.8 Å². The fourth-order valence-corrected chi connectivity index (χ4v) is 4.08. The lowest BCUT2D eigenvalue weighted by atomic mass is 10.2. The standard InChI is InChI=1S/C14H15NO2S/c16-14(10-12-5-3-9-18(12)17)15-8-7-11-4-1-2-6-13(11)15/h1-2,4,6-8,12H,3,5,9-10H2. The Labute approximate surface area is 108 Å². The predicted molar refractivity (Wildman–Crippen MR) is 73.2 cm³/mol. The molecular weight excluding hydrogens is 246 g/mol. The van der Waals surface area contributed by atoms with Crippen LogP contribution in [-0.4, -0.2) is 25.7 Å². The van der Waals surface area contributed by atoms with Gasteiger partial charge in [-0.15, -0.1) is 0 Å². The Morgan fingerprint density at radius 2 is 2.17 bits per heavy atom. The molecule has 1 aliphatic rings. The fraction of sp³-hybridized carbons (Fsp3) is 0.357. The van der Waals surface area contributed by atoms with E-state index in [-0.39, 0.29) is 11.2 Å². The second-order valence-electron chi connectivity index (χ2n) is 4.69. The number of aromatic nitrogens is 1. The molecule has 0 amide bonds. The van der Waals surface area contributed by atoms with Crippen LogP contribution in [0.1, 0.15) is 24.1 Å². The molecule has 3 nitrogen and oxygen atoms in total. The summed E-state index contributed by atoms with van der Waals surface area (Å²) in [5.74, 6) is 0.807. The summed E-state index contributed by atoms with van der Waals surface area (Å²) in [6.07, 6.45) is 4.10. The number of carbonyl (C=O) groups excluding carboxylic acids is 1. The molecule has 0 bridgehead atoms. The van der Waals surface area contributed by atoms with E-state index in [4.69, 9.17) is 0 Å². The first-order valence-electron chi connectivity index (χ1n) is 6.22. The van der Waals surface area contributed by atoms with Crippen molar-refractivity contribution in [1.29, 1.82) is 0 Å². The van der Waals surface area contributed by atoms with Crippen molar-refractivity contribution in [2.45, 2.75) is 24.5 Å². The van der Waals surface area contributed by atoms with Crippen LogP contribution in [0.3, 0.4) is 0 Å². The normalized spacial score (nSPS) is 23.6. The Hall–Kier alpha value is -1.42. The van der Waals surface area contributed by atoms with Gasteiger partial charge in [0.15, 0.2) is 0 Å². The lowest BCUT2D eigenvalue weighted by Gasteiger charge is -2.08. The average molecular weight is 261 g/mol. The van der Waals surface area contributed by atoms with Crippen LogP contribution in [0.25, 0.3) is 10.9 Å². The van der Waals surface area contributed by atoms with Gasteiger partial charge in [-0.2, -0.15) is 0 Å². The Morgan fingerprint density at radius 1 is 1.33 bits per heavy atom. The third kappa shape index (κ3) is 2.01. The Bertz CT molecular complexity index is 617. The zero-order chi connectivity index (χ0) is 12.5. The van der Waals surface area contributed by atoms with Crippen molar-refractivity contribution >= 4 is 27.6 Å². The number of nitrogens with zero attached hydrogens (tertiary/aromatic N) is 1. The van der Waals surface area contributed by atoms with E-state index >= 15 is 0 Å². The second-order valence-corrected chi connectivity index (χ2v) is 6.53. The molecule has 4 heteroatoms. The van der Waals surface area contributed by atoms with Crippen molar-refractivity contribution in [3.05, 3.63) is 36.5 Å². The number of para-hydroxylation sites is 1. The molecule has 2 unspecified atom stereocenters. The second kappa shape index (κ2) is 4.69.